The Morgan fingerprint density at radius 3 is 1.07 bits per heavy atom. The van der Waals surface area contributed by atoms with Crippen molar-refractivity contribution in [3.05, 3.63) is 131 Å². The van der Waals surface area contributed by atoms with E-state index in [0.717, 1.165) is 72.8 Å². The molecule has 0 radical (unpaired) electrons. The average molecular weight is 564 g/mol. The van der Waals surface area contributed by atoms with E-state index in [-0.39, 0.29) is 0 Å². The molecule has 11 heteroatoms. The fraction of sp³-hybridized carbons (Fsp3) is 0.138. The van der Waals surface area contributed by atoms with Crippen LogP contribution in [-0.2, 0) is 23.7 Å². The lowest BCUT2D eigenvalue weighted by atomic mass is 9.94. The van der Waals surface area contributed by atoms with Gasteiger partial charge in [-0.3, -0.25) is 0 Å². The minimum atomic E-state index is -4.82. The SMILES string of the molecule is O=C(Nc1ccccc1C(F)(F)C(F)(F)c1ccccc1)Nc1ccccc1C(F)(F)C(F)(F)c1ccccc1. The molecule has 0 fully saturated rings. The number of anilines is 2. The molecular formula is C29H20F8N2O. The highest BCUT2D eigenvalue weighted by atomic mass is 19.3. The lowest BCUT2D eigenvalue weighted by Crippen LogP contribution is -2.37. The van der Waals surface area contributed by atoms with Crippen molar-refractivity contribution >= 4 is 17.4 Å². The van der Waals surface area contributed by atoms with Crippen LogP contribution >= 0.6 is 0 Å². The van der Waals surface area contributed by atoms with E-state index >= 15 is 17.6 Å². The Balaban J connectivity index is 1.63. The van der Waals surface area contributed by atoms with Gasteiger partial charge in [-0.25, -0.2) is 4.79 Å². The zero-order valence-electron chi connectivity index (χ0n) is 20.3. The van der Waals surface area contributed by atoms with Gasteiger partial charge in [0.1, 0.15) is 0 Å². The van der Waals surface area contributed by atoms with E-state index < -0.39 is 63.3 Å². The lowest BCUT2D eigenvalue weighted by Gasteiger charge is -2.29. The monoisotopic (exact) mass is 564 g/mol. The minimum Gasteiger partial charge on any atom is -0.307 e. The summed E-state index contributed by atoms with van der Waals surface area (Å²) in [6.45, 7) is 0. The van der Waals surface area contributed by atoms with Gasteiger partial charge in [-0.15, -0.1) is 0 Å². The number of alkyl halides is 8. The largest absolute Gasteiger partial charge is 0.341 e. The number of rotatable bonds is 8. The summed E-state index contributed by atoms with van der Waals surface area (Å²) in [4.78, 5) is 12.7. The van der Waals surface area contributed by atoms with E-state index in [0.29, 0.717) is 12.1 Å². The molecule has 0 saturated heterocycles. The second-order valence-electron chi connectivity index (χ2n) is 8.70. The van der Waals surface area contributed by atoms with Crippen LogP contribution in [0.15, 0.2) is 109 Å². The molecule has 0 aliphatic heterocycles. The highest BCUT2D eigenvalue weighted by molar-refractivity contribution is 6.00. The molecule has 0 aliphatic carbocycles. The van der Waals surface area contributed by atoms with Crippen LogP contribution in [0.2, 0.25) is 0 Å². The second-order valence-corrected chi connectivity index (χ2v) is 8.70. The fourth-order valence-corrected chi connectivity index (χ4v) is 4.00. The van der Waals surface area contributed by atoms with Gasteiger partial charge in [0.15, 0.2) is 0 Å². The first-order chi connectivity index (χ1) is 18.8. The van der Waals surface area contributed by atoms with Crippen LogP contribution in [0.5, 0.6) is 0 Å². The number of carbonyl (C=O) groups excluding carboxylic acids is 1. The third-order valence-electron chi connectivity index (χ3n) is 6.09. The smallest absolute Gasteiger partial charge is 0.307 e. The van der Waals surface area contributed by atoms with Crippen LogP contribution < -0.4 is 10.6 Å². The van der Waals surface area contributed by atoms with E-state index in [1.807, 2.05) is 10.6 Å². The van der Waals surface area contributed by atoms with Gasteiger partial charge in [0.05, 0.1) is 22.5 Å². The molecule has 0 unspecified atom stereocenters. The van der Waals surface area contributed by atoms with E-state index in [4.69, 9.17) is 0 Å². The van der Waals surface area contributed by atoms with Crippen molar-refractivity contribution in [1.29, 1.82) is 0 Å². The molecule has 0 spiro atoms. The number of para-hydroxylation sites is 2. The molecule has 0 aliphatic rings. The van der Waals surface area contributed by atoms with E-state index in [1.54, 1.807) is 0 Å². The Labute approximate surface area is 223 Å². The molecule has 0 saturated carbocycles. The minimum absolute atomic E-state index is 0.676. The predicted octanol–water partition coefficient (Wildman–Crippen LogP) is 9.10. The number of urea groups is 1. The number of amides is 2. The maximum atomic E-state index is 15.2. The van der Waals surface area contributed by atoms with Gasteiger partial charge >= 0.3 is 29.7 Å². The van der Waals surface area contributed by atoms with Crippen LogP contribution in [0, 0.1) is 0 Å². The summed E-state index contributed by atoms with van der Waals surface area (Å²) in [5.41, 5.74) is -5.97. The molecule has 2 N–H and O–H groups in total. The number of benzene rings is 4. The highest BCUT2D eigenvalue weighted by Crippen LogP contribution is 2.52. The van der Waals surface area contributed by atoms with Gasteiger partial charge in [-0.05, 0) is 12.1 Å². The van der Waals surface area contributed by atoms with Crippen molar-refractivity contribution in [1.82, 2.24) is 0 Å². The average Bonchev–Trinajstić information content (AvgIpc) is 2.94. The third-order valence-corrected chi connectivity index (χ3v) is 6.09. The van der Waals surface area contributed by atoms with Gasteiger partial charge in [0.25, 0.3) is 0 Å². The normalized spacial score (nSPS) is 12.6. The molecule has 0 atom stereocenters. The Morgan fingerprint density at radius 1 is 0.425 bits per heavy atom. The van der Waals surface area contributed by atoms with Gasteiger partial charge in [0.2, 0.25) is 0 Å². The molecular weight excluding hydrogens is 544 g/mol. The summed E-state index contributed by atoms with van der Waals surface area (Å²) < 4.78 is 120. The Bertz CT molecular complexity index is 1370. The molecule has 4 rings (SSSR count). The highest BCUT2D eigenvalue weighted by Gasteiger charge is 2.60. The van der Waals surface area contributed by atoms with E-state index in [2.05, 4.69) is 0 Å². The number of nitrogens with one attached hydrogen (secondary N) is 2. The topological polar surface area (TPSA) is 41.1 Å². The van der Waals surface area contributed by atoms with Gasteiger partial charge in [0, 0.05) is 11.1 Å². The standard InChI is InChI=1S/C29H20F8N2O/c30-26(31,19-11-3-1-4-12-19)28(34,35)21-15-7-9-17-23(21)38-25(40)39-24-18-10-8-16-22(24)29(36,37)27(32,33)20-13-5-2-6-14-20/h1-18H,(H2,38,39,40). The fourth-order valence-electron chi connectivity index (χ4n) is 4.00. The second kappa shape index (κ2) is 10.6. The molecule has 0 aromatic heterocycles. The Morgan fingerprint density at radius 2 is 0.725 bits per heavy atom. The first-order valence-electron chi connectivity index (χ1n) is 11.7. The van der Waals surface area contributed by atoms with E-state index in [1.165, 1.54) is 24.3 Å². The van der Waals surface area contributed by atoms with Crippen LogP contribution in [0.3, 0.4) is 0 Å². The van der Waals surface area contributed by atoms with Crippen molar-refractivity contribution in [2.45, 2.75) is 23.7 Å². The van der Waals surface area contributed by atoms with Gasteiger partial charge in [-0.2, -0.15) is 35.1 Å². The van der Waals surface area contributed by atoms with Crippen molar-refractivity contribution in [3.63, 3.8) is 0 Å². The zero-order chi connectivity index (χ0) is 29.2. The first kappa shape index (κ1) is 28.6. The van der Waals surface area contributed by atoms with Gasteiger partial charge in [-0.1, -0.05) is 97.1 Å². The predicted molar refractivity (Wildman–Crippen MR) is 134 cm³/mol. The maximum absolute atomic E-state index is 15.2. The van der Waals surface area contributed by atoms with Crippen LogP contribution in [-0.4, -0.2) is 6.03 Å². The summed E-state index contributed by atoms with van der Waals surface area (Å²) in [5.74, 6) is -19.0. The number of hydrogen-bond acceptors (Lipinski definition) is 1. The number of halogens is 8. The van der Waals surface area contributed by atoms with Crippen LogP contribution in [0.25, 0.3) is 0 Å². The summed E-state index contributed by atoms with van der Waals surface area (Å²) >= 11 is 0. The molecule has 0 bridgehead atoms. The Hall–Kier alpha value is -4.41. The summed E-state index contributed by atoms with van der Waals surface area (Å²) in [6, 6.07) is 16.9. The van der Waals surface area contributed by atoms with Crippen molar-refractivity contribution < 1.29 is 39.9 Å². The zero-order valence-corrected chi connectivity index (χ0v) is 20.3. The summed E-state index contributed by atoms with van der Waals surface area (Å²) in [5, 5.41) is 3.88. The van der Waals surface area contributed by atoms with E-state index in [9.17, 15) is 22.4 Å². The van der Waals surface area contributed by atoms with Crippen molar-refractivity contribution in [2.75, 3.05) is 10.6 Å². The van der Waals surface area contributed by atoms with Gasteiger partial charge < -0.3 is 10.6 Å². The molecule has 2 amide bonds. The number of carbonyl (C=O) groups is 1. The van der Waals surface area contributed by atoms with Crippen LogP contribution in [0.1, 0.15) is 22.3 Å². The maximum Gasteiger partial charge on any atom is 0.341 e. The molecule has 40 heavy (non-hydrogen) atoms. The summed E-state index contributed by atoms with van der Waals surface area (Å²) in [7, 11) is 0. The van der Waals surface area contributed by atoms with Crippen molar-refractivity contribution in [3.8, 4) is 0 Å². The molecule has 4 aromatic carbocycles. The van der Waals surface area contributed by atoms with Crippen LogP contribution in [0.4, 0.5) is 51.3 Å². The quantitative estimate of drug-likeness (QED) is 0.206. The molecule has 208 valence electrons. The molecule has 4 aromatic rings. The summed E-state index contributed by atoms with van der Waals surface area (Å²) in [6.07, 6.45) is 0. The lowest BCUT2D eigenvalue weighted by molar-refractivity contribution is -0.223. The Kier molecular flexibility index (Phi) is 7.60. The first-order valence-corrected chi connectivity index (χ1v) is 11.7. The molecule has 3 nitrogen and oxygen atoms in total. The third kappa shape index (κ3) is 5.11. The molecule has 0 heterocycles. The van der Waals surface area contributed by atoms with Crippen molar-refractivity contribution in [2.24, 2.45) is 0 Å². The number of hydrogen-bond donors (Lipinski definition) is 2.